The number of carbonyl (C=O) groups excluding carboxylic acids is 2. The van der Waals surface area contributed by atoms with Crippen molar-refractivity contribution in [3.63, 3.8) is 0 Å². The lowest BCUT2D eigenvalue weighted by Crippen LogP contribution is -2.14. The molecule has 0 saturated heterocycles. The van der Waals surface area contributed by atoms with Gasteiger partial charge in [-0.1, -0.05) is 12.1 Å². The molecule has 2 aromatic rings. The number of ketones is 1. The predicted octanol–water partition coefficient (Wildman–Crippen LogP) is 2.54. The van der Waals surface area contributed by atoms with Gasteiger partial charge in [0.05, 0.1) is 11.3 Å². The molecule has 1 amide bonds. The lowest BCUT2D eigenvalue weighted by Gasteiger charge is -2.08. The summed E-state index contributed by atoms with van der Waals surface area (Å²) < 4.78 is 0. The van der Waals surface area contributed by atoms with Crippen LogP contribution < -0.4 is 5.32 Å². The third-order valence-corrected chi connectivity index (χ3v) is 2.48. The van der Waals surface area contributed by atoms with Crippen LogP contribution in [0.2, 0.25) is 0 Å². The minimum absolute atomic E-state index is 0.0860. The van der Waals surface area contributed by atoms with Crippen LogP contribution in [0.25, 0.3) is 0 Å². The Hall–Kier alpha value is -2.49. The van der Waals surface area contributed by atoms with Gasteiger partial charge in [-0.15, -0.1) is 0 Å². The molecule has 0 unspecified atom stereocenters. The summed E-state index contributed by atoms with van der Waals surface area (Å²) in [5.74, 6) is -0.367. The van der Waals surface area contributed by atoms with Gasteiger partial charge < -0.3 is 5.32 Å². The minimum atomic E-state index is -0.281. The van der Waals surface area contributed by atoms with Crippen LogP contribution in [0.3, 0.4) is 0 Å². The summed E-state index contributed by atoms with van der Waals surface area (Å²) in [5, 5.41) is 2.71. The summed E-state index contributed by atoms with van der Waals surface area (Å²) in [4.78, 5) is 27.2. The highest BCUT2D eigenvalue weighted by molar-refractivity contribution is 6.08. The van der Waals surface area contributed by atoms with Gasteiger partial charge in [-0.2, -0.15) is 0 Å². The highest BCUT2D eigenvalue weighted by Gasteiger charge is 2.10. The number of benzene rings is 1. The largest absolute Gasteiger partial charge is 0.321 e. The second kappa shape index (κ2) is 5.23. The Bertz CT molecular complexity index is 579. The molecule has 2 rings (SSSR count). The Labute approximate surface area is 105 Å². The number of hydrogen-bond donors (Lipinski definition) is 1. The molecule has 0 spiro atoms. The average molecular weight is 240 g/mol. The first-order chi connectivity index (χ1) is 8.68. The molecule has 1 N–H and O–H groups in total. The molecule has 0 radical (unpaired) electrons. The zero-order chi connectivity index (χ0) is 13.0. The van der Waals surface area contributed by atoms with Crippen LogP contribution in [-0.2, 0) is 0 Å². The first kappa shape index (κ1) is 12.0. The molecule has 90 valence electrons. The predicted molar refractivity (Wildman–Crippen MR) is 68.6 cm³/mol. The van der Waals surface area contributed by atoms with Gasteiger partial charge in [0.2, 0.25) is 0 Å². The third-order valence-electron chi connectivity index (χ3n) is 2.48. The van der Waals surface area contributed by atoms with E-state index in [1.54, 1.807) is 42.6 Å². The number of rotatable bonds is 3. The molecule has 0 bridgehead atoms. The van der Waals surface area contributed by atoms with E-state index in [2.05, 4.69) is 10.3 Å². The molecule has 0 fully saturated rings. The number of nitrogens with one attached hydrogen (secondary N) is 1. The number of carbonyl (C=O) groups is 2. The minimum Gasteiger partial charge on any atom is -0.321 e. The van der Waals surface area contributed by atoms with E-state index in [4.69, 9.17) is 0 Å². The lowest BCUT2D eigenvalue weighted by molar-refractivity contribution is 0.101. The fourth-order valence-corrected chi connectivity index (χ4v) is 1.59. The van der Waals surface area contributed by atoms with Crippen molar-refractivity contribution in [3.05, 3.63) is 59.9 Å². The quantitative estimate of drug-likeness (QED) is 0.839. The molecule has 0 aliphatic carbocycles. The van der Waals surface area contributed by atoms with Gasteiger partial charge in [0.15, 0.2) is 5.78 Å². The SMILES string of the molecule is CC(=O)c1ccccc1NC(=O)c1cccnc1. The Morgan fingerprint density at radius 2 is 1.89 bits per heavy atom. The number of hydrogen-bond acceptors (Lipinski definition) is 3. The van der Waals surface area contributed by atoms with Gasteiger partial charge in [-0.25, -0.2) is 0 Å². The smallest absolute Gasteiger partial charge is 0.257 e. The zero-order valence-corrected chi connectivity index (χ0v) is 9.88. The Balaban J connectivity index is 2.25. The van der Waals surface area contributed by atoms with Crippen molar-refractivity contribution in [2.24, 2.45) is 0 Å². The van der Waals surface area contributed by atoms with Crippen LogP contribution in [0, 0.1) is 0 Å². The van der Waals surface area contributed by atoms with Gasteiger partial charge in [-0.05, 0) is 31.2 Å². The van der Waals surface area contributed by atoms with Gasteiger partial charge >= 0.3 is 0 Å². The summed E-state index contributed by atoms with van der Waals surface area (Å²) in [7, 11) is 0. The van der Waals surface area contributed by atoms with E-state index in [1.807, 2.05) is 0 Å². The van der Waals surface area contributed by atoms with Gasteiger partial charge in [0, 0.05) is 18.0 Å². The van der Waals surface area contributed by atoms with E-state index in [0.29, 0.717) is 16.8 Å². The Morgan fingerprint density at radius 3 is 2.56 bits per heavy atom. The molecule has 0 atom stereocenters. The van der Waals surface area contributed by atoms with Crippen molar-refractivity contribution in [2.75, 3.05) is 5.32 Å². The number of pyridine rings is 1. The maximum absolute atomic E-state index is 11.9. The van der Waals surface area contributed by atoms with Crippen LogP contribution >= 0.6 is 0 Å². The van der Waals surface area contributed by atoms with E-state index in [1.165, 1.54) is 13.1 Å². The molecular weight excluding hydrogens is 228 g/mol. The lowest BCUT2D eigenvalue weighted by atomic mass is 10.1. The molecule has 0 saturated carbocycles. The normalized spacial score (nSPS) is 9.83. The van der Waals surface area contributed by atoms with Crippen molar-refractivity contribution in [1.82, 2.24) is 4.98 Å². The Morgan fingerprint density at radius 1 is 1.11 bits per heavy atom. The van der Waals surface area contributed by atoms with Crippen LogP contribution in [0.1, 0.15) is 27.6 Å². The van der Waals surface area contributed by atoms with Crippen LogP contribution in [0.5, 0.6) is 0 Å². The second-order valence-corrected chi connectivity index (χ2v) is 3.80. The van der Waals surface area contributed by atoms with Crippen LogP contribution in [-0.4, -0.2) is 16.7 Å². The fraction of sp³-hybridized carbons (Fsp3) is 0.0714. The third kappa shape index (κ3) is 2.60. The van der Waals surface area contributed by atoms with Crippen molar-refractivity contribution in [1.29, 1.82) is 0 Å². The van der Waals surface area contributed by atoms with Gasteiger partial charge in [-0.3, -0.25) is 14.6 Å². The topological polar surface area (TPSA) is 59.1 Å². The first-order valence-electron chi connectivity index (χ1n) is 5.50. The highest BCUT2D eigenvalue weighted by Crippen LogP contribution is 2.16. The van der Waals surface area contributed by atoms with Crippen molar-refractivity contribution < 1.29 is 9.59 Å². The van der Waals surface area contributed by atoms with E-state index < -0.39 is 0 Å². The molecule has 1 aromatic heterocycles. The van der Waals surface area contributed by atoms with Gasteiger partial charge in [0.1, 0.15) is 0 Å². The maximum Gasteiger partial charge on any atom is 0.257 e. The highest BCUT2D eigenvalue weighted by atomic mass is 16.1. The summed E-state index contributed by atoms with van der Waals surface area (Å²) in [6.07, 6.45) is 3.08. The maximum atomic E-state index is 11.9. The number of aromatic nitrogens is 1. The summed E-state index contributed by atoms with van der Waals surface area (Å²) in [6, 6.07) is 10.3. The number of Topliss-reactive ketones (excluding diaryl/α,β-unsaturated/α-hetero) is 1. The monoisotopic (exact) mass is 240 g/mol. The zero-order valence-electron chi connectivity index (χ0n) is 9.88. The van der Waals surface area contributed by atoms with Crippen LogP contribution in [0.15, 0.2) is 48.8 Å². The molecule has 1 aromatic carbocycles. The molecular formula is C14H12N2O2. The number of amides is 1. The van der Waals surface area contributed by atoms with Crippen molar-refractivity contribution in [3.8, 4) is 0 Å². The number of anilines is 1. The van der Waals surface area contributed by atoms with Crippen LogP contribution in [0.4, 0.5) is 5.69 Å². The molecule has 1 heterocycles. The first-order valence-corrected chi connectivity index (χ1v) is 5.50. The second-order valence-electron chi connectivity index (χ2n) is 3.80. The van der Waals surface area contributed by atoms with E-state index in [9.17, 15) is 9.59 Å². The molecule has 4 nitrogen and oxygen atoms in total. The summed E-state index contributed by atoms with van der Waals surface area (Å²) in [6.45, 7) is 1.47. The molecule has 18 heavy (non-hydrogen) atoms. The molecule has 4 heteroatoms. The molecule has 0 aliphatic heterocycles. The van der Waals surface area contributed by atoms with E-state index in [-0.39, 0.29) is 11.7 Å². The fourth-order valence-electron chi connectivity index (χ4n) is 1.59. The number of para-hydroxylation sites is 1. The number of nitrogens with zero attached hydrogens (tertiary/aromatic N) is 1. The van der Waals surface area contributed by atoms with Crippen molar-refractivity contribution >= 4 is 17.4 Å². The standard InChI is InChI=1S/C14H12N2O2/c1-10(17)12-6-2-3-7-13(12)16-14(18)11-5-4-8-15-9-11/h2-9H,1H3,(H,16,18). The summed E-state index contributed by atoms with van der Waals surface area (Å²) >= 11 is 0. The van der Waals surface area contributed by atoms with Gasteiger partial charge in [0.25, 0.3) is 5.91 Å². The summed E-state index contributed by atoms with van der Waals surface area (Å²) in [5.41, 5.74) is 1.46. The van der Waals surface area contributed by atoms with E-state index >= 15 is 0 Å². The Kier molecular flexibility index (Phi) is 3.48. The molecule has 0 aliphatic rings. The van der Waals surface area contributed by atoms with Crippen molar-refractivity contribution in [2.45, 2.75) is 6.92 Å². The average Bonchev–Trinajstić information content (AvgIpc) is 2.40. The van der Waals surface area contributed by atoms with E-state index in [0.717, 1.165) is 0 Å².